The SMILES string of the molecule is COCC(=O)Cc1cc(Cl)ccc1OC. The van der Waals surface area contributed by atoms with Crippen LogP contribution in [0, 0.1) is 0 Å². The number of ether oxygens (including phenoxy) is 2. The molecule has 0 spiro atoms. The minimum atomic E-state index is -0.00179. The molecule has 0 N–H and O–H groups in total. The minimum Gasteiger partial charge on any atom is -0.496 e. The molecule has 0 fully saturated rings. The third-order valence-electron chi connectivity index (χ3n) is 1.94. The normalized spacial score (nSPS) is 10.1. The summed E-state index contributed by atoms with van der Waals surface area (Å²) in [4.78, 5) is 11.4. The molecule has 1 aromatic carbocycles. The van der Waals surface area contributed by atoms with Gasteiger partial charge < -0.3 is 9.47 Å². The highest BCUT2D eigenvalue weighted by Crippen LogP contribution is 2.23. The van der Waals surface area contributed by atoms with E-state index < -0.39 is 0 Å². The van der Waals surface area contributed by atoms with Crippen molar-refractivity contribution >= 4 is 17.4 Å². The van der Waals surface area contributed by atoms with Gasteiger partial charge in [-0.1, -0.05) is 11.6 Å². The number of methoxy groups -OCH3 is 2. The van der Waals surface area contributed by atoms with E-state index in [0.29, 0.717) is 10.8 Å². The second-order valence-electron chi connectivity index (χ2n) is 3.10. The van der Waals surface area contributed by atoms with E-state index in [1.807, 2.05) is 0 Å². The maximum Gasteiger partial charge on any atom is 0.162 e. The first kappa shape index (κ1) is 12.0. The summed E-state index contributed by atoms with van der Waals surface area (Å²) in [5.41, 5.74) is 0.784. The van der Waals surface area contributed by atoms with Crippen molar-refractivity contribution in [3.8, 4) is 5.75 Å². The van der Waals surface area contributed by atoms with Crippen molar-refractivity contribution in [1.29, 1.82) is 0 Å². The van der Waals surface area contributed by atoms with Gasteiger partial charge in [0.05, 0.1) is 7.11 Å². The Balaban J connectivity index is 2.82. The van der Waals surface area contributed by atoms with Crippen LogP contribution in [0.25, 0.3) is 0 Å². The van der Waals surface area contributed by atoms with E-state index in [0.717, 1.165) is 5.56 Å². The zero-order valence-corrected chi connectivity index (χ0v) is 9.50. The first-order chi connectivity index (χ1) is 7.17. The summed E-state index contributed by atoms with van der Waals surface area (Å²) in [5, 5.41) is 0.594. The highest BCUT2D eigenvalue weighted by atomic mass is 35.5. The fourth-order valence-corrected chi connectivity index (χ4v) is 1.50. The predicted molar refractivity (Wildman–Crippen MR) is 58.6 cm³/mol. The van der Waals surface area contributed by atoms with Crippen LogP contribution in [0.3, 0.4) is 0 Å². The fourth-order valence-electron chi connectivity index (χ4n) is 1.31. The van der Waals surface area contributed by atoms with Gasteiger partial charge in [0.25, 0.3) is 0 Å². The molecule has 0 amide bonds. The van der Waals surface area contributed by atoms with Gasteiger partial charge in [0.1, 0.15) is 12.4 Å². The number of carbonyl (C=O) groups excluding carboxylic acids is 1. The van der Waals surface area contributed by atoms with Crippen LogP contribution in [0.1, 0.15) is 5.56 Å². The lowest BCUT2D eigenvalue weighted by atomic mass is 10.1. The van der Waals surface area contributed by atoms with Gasteiger partial charge in [-0.25, -0.2) is 0 Å². The van der Waals surface area contributed by atoms with Crippen molar-refractivity contribution < 1.29 is 14.3 Å². The van der Waals surface area contributed by atoms with Crippen molar-refractivity contribution in [2.24, 2.45) is 0 Å². The molecule has 0 aliphatic carbocycles. The summed E-state index contributed by atoms with van der Waals surface area (Å²) in [6, 6.07) is 5.20. The van der Waals surface area contributed by atoms with Crippen LogP contribution in [0.15, 0.2) is 18.2 Å². The average molecular weight is 229 g/mol. The van der Waals surface area contributed by atoms with Crippen LogP contribution in [-0.2, 0) is 16.0 Å². The lowest BCUT2D eigenvalue weighted by Crippen LogP contribution is -2.10. The molecular formula is C11H13ClO3. The number of benzene rings is 1. The molecule has 1 aromatic rings. The van der Waals surface area contributed by atoms with Gasteiger partial charge in [0, 0.05) is 24.1 Å². The number of Topliss-reactive ketones (excluding diaryl/α,β-unsaturated/α-hetero) is 1. The Morgan fingerprint density at radius 1 is 1.40 bits per heavy atom. The monoisotopic (exact) mass is 228 g/mol. The molecule has 0 aliphatic rings. The third-order valence-corrected chi connectivity index (χ3v) is 2.17. The van der Waals surface area contributed by atoms with Gasteiger partial charge in [0.15, 0.2) is 5.78 Å². The Hall–Kier alpha value is -1.06. The number of hydrogen-bond donors (Lipinski definition) is 0. The summed E-state index contributed by atoms with van der Waals surface area (Å²) >= 11 is 5.84. The largest absolute Gasteiger partial charge is 0.496 e. The Morgan fingerprint density at radius 3 is 2.73 bits per heavy atom. The van der Waals surface area contributed by atoms with E-state index in [1.165, 1.54) is 7.11 Å². The number of carbonyl (C=O) groups is 1. The summed E-state index contributed by atoms with van der Waals surface area (Å²) in [6.07, 6.45) is 0.275. The molecule has 3 nitrogen and oxygen atoms in total. The summed E-state index contributed by atoms with van der Waals surface area (Å²) < 4.78 is 9.88. The van der Waals surface area contributed by atoms with Crippen molar-refractivity contribution in [3.63, 3.8) is 0 Å². The second-order valence-corrected chi connectivity index (χ2v) is 3.54. The molecule has 0 aromatic heterocycles. The van der Waals surface area contributed by atoms with Crippen molar-refractivity contribution in [2.75, 3.05) is 20.8 Å². The molecule has 0 heterocycles. The van der Waals surface area contributed by atoms with Crippen molar-refractivity contribution in [2.45, 2.75) is 6.42 Å². The lowest BCUT2D eigenvalue weighted by molar-refractivity contribution is -0.122. The summed E-state index contributed by atoms with van der Waals surface area (Å²) in [5.74, 6) is 0.668. The molecule has 0 atom stereocenters. The molecule has 0 bridgehead atoms. The molecule has 0 saturated carbocycles. The number of rotatable bonds is 5. The Bertz CT molecular complexity index is 350. The smallest absolute Gasteiger partial charge is 0.162 e. The van der Waals surface area contributed by atoms with Gasteiger partial charge in [-0.2, -0.15) is 0 Å². The molecule has 0 unspecified atom stereocenters. The average Bonchev–Trinajstić information content (AvgIpc) is 2.18. The Morgan fingerprint density at radius 2 is 2.13 bits per heavy atom. The summed E-state index contributed by atoms with van der Waals surface area (Å²) in [6.45, 7) is 0.107. The number of ketones is 1. The molecule has 0 aliphatic heterocycles. The molecule has 1 rings (SSSR count). The standard InChI is InChI=1S/C11H13ClO3/c1-14-7-10(13)6-8-5-9(12)3-4-11(8)15-2/h3-5H,6-7H2,1-2H3. The van der Waals surface area contributed by atoms with E-state index >= 15 is 0 Å². The first-order valence-electron chi connectivity index (χ1n) is 4.50. The van der Waals surface area contributed by atoms with Crippen LogP contribution >= 0.6 is 11.6 Å². The van der Waals surface area contributed by atoms with E-state index in [1.54, 1.807) is 25.3 Å². The quantitative estimate of drug-likeness (QED) is 0.774. The second kappa shape index (κ2) is 5.73. The third kappa shape index (κ3) is 3.53. The molecule has 15 heavy (non-hydrogen) atoms. The van der Waals surface area contributed by atoms with E-state index in [-0.39, 0.29) is 18.8 Å². The van der Waals surface area contributed by atoms with Crippen LogP contribution in [-0.4, -0.2) is 26.6 Å². The highest BCUT2D eigenvalue weighted by Gasteiger charge is 2.09. The van der Waals surface area contributed by atoms with E-state index in [9.17, 15) is 4.79 Å². The van der Waals surface area contributed by atoms with Crippen LogP contribution < -0.4 is 4.74 Å². The maximum absolute atomic E-state index is 11.4. The minimum absolute atomic E-state index is 0.00179. The topological polar surface area (TPSA) is 35.5 Å². The van der Waals surface area contributed by atoms with Crippen LogP contribution in [0.5, 0.6) is 5.75 Å². The zero-order chi connectivity index (χ0) is 11.3. The molecule has 0 saturated heterocycles. The molecule has 0 radical (unpaired) electrons. The molecule has 82 valence electrons. The van der Waals surface area contributed by atoms with Crippen molar-refractivity contribution in [1.82, 2.24) is 0 Å². The summed E-state index contributed by atoms with van der Waals surface area (Å²) in [7, 11) is 3.06. The van der Waals surface area contributed by atoms with Gasteiger partial charge >= 0.3 is 0 Å². The fraction of sp³-hybridized carbons (Fsp3) is 0.364. The first-order valence-corrected chi connectivity index (χ1v) is 4.88. The van der Waals surface area contributed by atoms with Gasteiger partial charge in [-0.05, 0) is 18.2 Å². The highest BCUT2D eigenvalue weighted by molar-refractivity contribution is 6.30. The van der Waals surface area contributed by atoms with Gasteiger partial charge in [-0.3, -0.25) is 4.79 Å². The lowest BCUT2D eigenvalue weighted by Gasteiger charge is -2.07. The number of halogens is 1. The zero-order valence-electron chi connectivity index (χ0n) is 8.75. The van der Waals surface area contributed by atoms with Crippen LogP contribution in [0.4, 0.5) is 0 Å². The van der Waals surface area contributed by atoms with E-state index in [2.05, 4.69) is 0 Å². The Kier molecular flexibility index (Phi) is 4.59. The maximum atomic E-state index is 11.4. The van der Waals surface area contributed by atoms with E-state index in [4.69, 9.17) is 21.1 Å². The van der Waals surface area contributed by atoms with Crippen LogP contribution in [0.2, 0.25) is 5.02 Å². The van der Waals surface area contributed by atoms with Gasteiger partial charge in [-0.15, -0.1) is 0 Å². The Labute approximate surface area is 93.9 Å². The predicted octanol–water partition coefficient (Wildman–Crippen LogP) is 2.11. The number of hydrogen-bond acceptors (Lipinski definition) is 3. The molecular weight excluding hydrogens is 216 g/mol. The van der Waals surface area contributed by atoms with Crippen molar-refractivity contribution in [3.05, 3.63) is 28.8 Å². The molecule has 4 heteroatoms. The van der Waals surface area contributed by atoms with Gasteiger partial charge in [0.2, 0.25) is 0 Å².